The van der Waals surface area contributed by atoms with Gasteiger partial charge in [-0.1, -0.05) is 0 Å². The molecule has 0 aromatic heterocycles. The molecule has 1 saturated carbocycles. The molecule has 0 radical (unpaired) electrons. The summed E-state index contributed by atoms with van der Waals surface area (Å²) < 4.78 is 32.3. The number of sulfonamides is 1. The summed E-state index contributed by atoms with van der Waals surface area (Å²) in [5, 5.41) is 10.3. The van der Waals surface area contributed by atoms with Crippen LogP contribution in [0.15, 0.2) is 21.5 Å². The van der Waals surface area contributed by atoms with Crippen molar-refractivity contribution in [2.45, 2.75) is 23.3 Å². The van der Waals surface area contributed by atoms with Gasteiger partial charge in [0.15, 0.2) is 0 Å². The van der Waals surface area contributed by atoms with Crippen molar-refractivity contribution in [2.24, 2.45) is 5.92 Å². The second kappa shape index (κ2) is 4.84. The number of benzene rings is 1. The van der Waals surface area contributed by atoms with Gasteiger partial charge in [-0.05, 0) is 46.8 Å². The fourth-order valence-corrected chi connectivity index (χ4v) is 4.72. The van der Waals surface area contributed by atoms with Crippen molar-refractivity contribution in [1.29, 1.82) is 0 Å². The predicted octanol–water partition coefficient (Wildman–Crippen LogP) is 1.19. The highest BCUT2D eigenvalue weighted by Crippen LogP contribution is 2.46. The van der Waals surface area contributed by atoms with Crippen LogP contribution in [-0.2, 0) is 10.0 Å². The van der Waals surface area contributed by atoms with Crippen molar-refractivity contribution in [3.63, 3.8) is 0 Å². The second-order valence-electron chi connectivity index (χ2n) is 5.68. The van der Waals surface area contributed by atoms with Gasteiger partial charge in [-0.3, -0.25) is 0 Å². The number of hydrogen-bond acceptors (Lipinski definition) is 5. The lowest BCUT2D eigenvalue weighted by Crippen LogP contribution is -2.64. The Balaban J connectivity index is 1.91. The number of methoxy groups -OCH3 is 1. The van der Waals surface area contributed by atoms with Crippen LogP contribution in [0.5, 0.6) is 5.75 Å². The number of anilines is 1. The highest BCUT2D eigenvalue weighted by atomic mass is 79.9. The highest BCUT2D eigenvalue weighted by Gasteiger charge is 2.55. The molecule has 0 bridgehead atoms. The fourth-order valence-electron chi connectivity index (χ4n) is 2.66. The predicted molar refractivity (Wildman–Crippen MR) is 81.5 cm³/mol. The molecule has 1 aromatic carbocycles. The van der Waals surface area contributed by atoms with E-state index in [1.54, 1.807) is 0 Å². The van der Waals surface area contributed by atoms with Crippen molar-refractivity contribution >= 4 is 31.6 Å². The van der Waals surface area contributed by atoms with Crippen LogP contribution in [0.4, 0.5) is 5.69 Å². The Labute approximate surface area is 132 Å². The van der Waals surface area contributed by atoms with Crippen molar-refractivity contribution in [3.8, 4) is 5.75 Å². The van der Waals surface area contributed by atoms with Gasteiger partial charge < -0.3 is 15.6 Å². The molecule has 1 aliphatic carbocycles. The molecular weight excluding hydrogens is 360 g/mol. The average molecular weight is 377 g/mol. The van der Waals surface area contributed by atoms with E-state index in [0.717, 1.165) is 12.8 Å². The standard InChI is InChI=1S/C13H17BrN2O4S/c1-20-11-4-9(14)10(15)5-12(11)21(18,19)16-6-13(17,7-16)8-2-3-8/h4-5,8,17H,2-3,6-7,15H2,1H3. The summed E-state index contributed by atoms with van der Waals surface area (Å²) in [6, 6.07) is 2.92. The molecule has 1 heterocycles. The molecule has 0 amide bonds. The van der Waals surface area contributed by atoms with Gasteiger partial charge in [0.2, 0.25) is 10.0 Å². The zero-order valence-electron chi connectivity index (χ0n) is 11.5. The monoisotopic (exact) mass is 376 g/mol. The van der Waals surface area contributed by atoms with E-state index in [4.69, 9.17) is 10.5 Å². The minimum absolute atomic E-state index is 0.0311. The summed E-state index contributed by atoms with van der Waals surface area (Å²) in [5.74, 6) is 0.471. The highest BCUT2D eigenvalue weighted by molar-refractivity contribution is 9.10. The van der Waals surface area contributed by atoms with Crippen LogP contribution in [0.2, 0.25) is 0 Å². The smallest absolute Gasteiger partial charge is 0.247 e. The number of nitrogens with two attached hydrogens (primary N) is 1. The van der Waals surface area contributed by atoms with Crippen LogP contribution < -0.4 is 10.5 Å². The zero-order chi connectivity index (χ0) is 15.4. The Morgan fingerprint density at radius 3 is 2.57 bits per heavy atom. The first-order valence-corrected chi connectivity index (χ1v) is 8.87. The summed E-state index contributed by atoms with van der Waals surface area (Å²) in [7, 11) is -2.30. The number of rotatable bonds is 4. The summed E-state index contributed by atoms with van der Waals surface area (Å²) in [5.41, 5.74) is 5.24. The Bertz CT molecular complexity index is 682. The van der Waals surface area contributed by atoms with Gasteiger partial charge in [0.25, 0.3) is 0 Å². The van der Waals surface area contributed by atoms with Gasteiger partial charge in [0.05, 0.1) is 12.7 Å². The van der Waals surface area contributed by atoms with E-state index in [0.29, 0.717) is 10.2 Å². The molecule has 1 saturated heterocycles. The maximum atomic E-state index is 12.7. The summed E-state index contributed by atoms with van der Waals surface area (Å²) >= 11 is 3.25. The Morgan fingerprint density at radius 1 is 1.43 bits per heavy atom. The molecule has 3 rings (SSSR count). The molecule has 1 aromatic rings. The molecular formula is C13H17BrN2O4S. The molecule has 1 aliphatic heterocycles. The molecule has 0 unspecified atom stereocenters. The topological polar surface area (TPSA) is 92.9 Å². The van der Waals surface area contributed by atoms with Crippen LogP contribution in [0, 0.1) is 5.92 Å². The third-order valence-corrected chi connectivity index (χ3v) is 6.64. The molecule has 8 heteroatoms. The SMILES string of the molecule is COc1cc(Br)c(N)cc1S(=O)(=O)N1CC(O)(C2CC2)C1. The van der Waals surface area contributed by atoms with Crippen molar-refractivity contribution < 1.29 is 18.3 Å². The van der Waals surface area contributed by atoms with Crippen LogP contribution in [0.25, 0.3) is 0 Å². The van der Waals surface area contributed by atoms with Crippen molar-refractivity contribution in [2.75, 3.05) is 25.9 Å². The second-order valence-corrected chi connectivity index (χ2v) is 8.44. The van der Waals surface area contributed by atoms with Crippen molar-refractivity contribution in [1.82, 2.24) is 4.31 Å². The molecule has 0 atom stereocenters. The van der Waals surface area contributed by atoms with Gasteiger partial charge in [-0.2, -0.15) is 4.31 Å². The molecule has 116 valence electrons. The van der Waals surface area contributed by atoms with E-state index in [-0.39, 0.29) is 29.7 Å². The Morgan fingerprint density at radius 2 is 2.05 bits per heavy atom. The van der Waals surface area contributed by atoms with Gasteiger partial charge in [0.1, 0.15) is 10.6 Å². The quantitative estimate of drug-likeness (QED) is 0.769. The number of aliphatic hydroxyl groups is 1. The van der Waals surface area contributed by atoms with E-state index < -0.39 is 15.6 Å². The van der Waals surface area contributed by atoms with Gasteiger partial charge in [0, 0.05) is 23.2 Å². The maximum absolute atomic E-state index is 12.7. The summed E-state index contributed by atoms with van der Waals surface area (Å²) in [6.07, 6.45) is 1.94. The van der Waals surface area contributed by atoms with E-state index in [2.05, 4.69) is 15.9 Å². The lowest BCUT2D eigenvalue weighted by atomic mass is 9.91. The summed E-state index contributed by atoms with van der Waals surface area (Å²) in [4.78, 5) is 0.0311. The van der Waals surface area contributed by atoms with E-state index in [1.165, 1.54) is 23.5 Å². The molecule has 6 nitrogen and oxygen atoms in total. The third-order valence-electron chi connectivity index (χ3n) is 4.14. The van der Waals surface area contributed by atoms with E-state index in [9.17, 15) is 13.5 Å². The first-order valence-electron chi connectivity index (χ1n) is 6.63. The van der Waals surface area contributed by atoms with Crippen molar-refractivity contribution in [3.05, 3.63) is 16.6 Å². The van der Waals surface area contributed by atoms with Crippen LogP contribution in [0.3, 0.4) is 0 Å². The molecule has 2 fully saturated rings. The van der Waals surface area contributed by atoms with E-state index in [1.807, 2.05) is 0 Å². The fraction of sp³-hybridized carbons (Fsp3) is 0.538. The summed E-state index contributed by atoms with van der Waals surface area (Å²) in [6.45, 7) is 0.276. The van der Waals surface area contributed by atoms with Gasteiger partial charge >= 0.3 is 0 Å². The number of hydrogen-bond donors (Lipinski definition) is 2. The lowest BCUT2D eigenvalue weighted by Gasteiger charge is -2.45. The first-order chi connectivity index (χ1) is 9.78. The number of nitrogen functional groups attached to an aromatic ring is 1. The van der Waals surface area contributed by atoms with Crippen LogP contribution >= 0.6 is 15.9 Å². The molecule has 0 spiro atoms. The normalized spacial score (nSPS) is 21.9. The minimum Gasteiger partial charge on any atom is -0.495 e. The van der Waals surface area contributed by atoms with Crippen LogP contribution in [0.1, 0.15) is 12.8 Å². The number of nitrogens with zero attached hydrogens (tertiary/aromatic N) is 1. The molecule has 21 heavy (non-hydrogen) atoms. The van der Waals surface area contributed by atoms with Gasteiger partial charge in [-0.15, -0.1) is 0 Å². The third kappa shape index (κ3) is 2.44. The Hall–Kier alpha value is -0.830. The number of β-amino-alcohol motifs (C(OH)–C–C–N with tert-alkyl or cyclic N) is 1. The number of halogens is 1. The average Bonchev–Trinajstić information content (AvgIpc) is 3.22. The zero-order valence-corrected chi connectivity index (χ0v) is 13.9. The lowest BCUT2D eigenvalue weighted by molar-refractivity contribution is -0.0765. The van der Waals surface area contributed by atoms with Crippen LogP contribution in [-0.4, -0.2) is 43.6 Å². The Kier molecular flexibility index (Phi) is 3.47. The van der Waals surface area contributed by atoms with Gasteiger partial charge in [-0.25, -0.2) is 8.42 Å². The largest absolute Gasteiger partial charge is 0.495 e. The maximum Gasteiger partial charge on any atom is 0.247 e. The number of ether oxygens (including phenoxy) is 1. The molecule has 3 N–H and O–H groups in total. The minimum atomic E-state index is -3.71. The first kappa shape index (κ1) is 15.1. The molecule has 2 aliphatic rings. The van der Waals surface area contributed by atoms with E-state index >= 15 is 0 Å².